The second-order valence-corrected chi connectivity index (χ2v) is 7.07. The number of rotatable bonds is 3. The molecule has 0 amide bonds. The van der Waals surface area contributed by atoms with Gasteiger partial charge in [-0.1, -0.05) is 19.1 Å². The molecule has 0 aliphatic carbocycles. The maximum atomic E-state index is 11.5. The number of aromatic hydroxyl groups is 1. The molecule has 2 rings (SSSR count). The van der Waals surface area contributed by atoms with Crippen LogP contribution in [0.2, 0.25) is 0 Å². The first-order valence-electron chi connectivity index (χ1n) is 4.92. The molecule has 0 saturated carbocycles. The zero-order valence-electron chi connectivity index (χ0n) is 8.80. The van der Waals surface area contributed by atoms with Gasteiger partial charge in [0.25, 0.3) is 0 Å². The third-order valence-corrected chi connectivity index (χ3v) is 5.36. The monoisotopic (exact) mass is 256 g/mol. The lowest BCUT2D eigenvalue weighted by Gasteiger charge is -1.96. The average Bonchev–Trinajstić information content (AvgIpc) is 2.61. The lowest BCUT2D eigenvalue weighted by atomic mass is 10.2. The molecule has 0 fully saturated rings. The van der Waals surface area contributed by atoms with Crippen LogP contribution in [0.5, 0.6) is 5.75 Å². The molecule has 0 saturated heterocycles. The molecule has 0 atom stereocenters. The highest BCUT2D eigenvalue weighted by Gasteiger charge is 2.12. The molecule has 0 unspecified atom stereocenters. The van der Waals surface area contributed by atoms with Crippen LogP contribution in [0.15, 0.2) is 24.3 Å². The van der Waals surface area contributed by atoms with Crippen molar-refractivity contribution in [2.75, 3.05) is 5.75 Å². The lowest BCUT2D eigenvalue weighted by molar-refractivity contribution is 0.482. The van der Waals surface area contributed by atoms with Gasteiger partial charge in [0, 0.05) is 10.6 Å². The van der Waals surface area contributed by atoms with Crippen LogP contribution >= 0.6 is 11.3 Å². The lowest BCUT2D eigenvalue weighted by Crippen LogP contribution is -2.04. The molecule has 0 radical (unpaired) electrons. The van der Waals surface area contributed by atoms with Crippen LogP contribution in [0.3, 0.4) is 0 Å². The van der Waals surface area contributed by atoms with Gasteiger partial charge < -0.3 is 5.11 Å². The SMILES string of the molecule is CCS(=O)(=O)Cc1cc2cccc(O)c2s1. The van der Waals surface area contributed by atoms with Crippen molar-refractivity contribution in [2.45, 2.75) is 12.7 Å². The van der Waals surface area contributed by atoms with Crippen molar-refractivity contribution < 1.29 is 13.5 Å². The van der Waals surface area contributed by atoms with Crippen LogP contribution < -0.4 is 0 Å². The van der Waals surface area contributed by atoms with Crippen molar-refractivity contribution in [2.24, 2.45) is 0 Å². The number of hydrogen-bond donors (Lipinski definition) is 1. The van der Waals surface area contributed by atoms with Crippen molar-refractivity contribution in [1.82, 2.24) is 0 Å². The molecule has 2 aromatic rings. The number of phenolic OH excluding ortho intramolecular Hbond substituents is 1. The topological polar surface area (TPSA) is 54.4 Å². The zero-order chi connectivity index (χ0) is 11.8. The second kappa shape index (κ2) is 4.07. The standard InChI is InChI=1S/C11H12O3S2/c1-2-16(13,14)7-9-6-8-4-3-5-10(12)11(8)15-9/h3-6,12H,2,7H2,1H3. The third-order valence-electron chi connectivity index (χ3n) is 2.38. The van der Waals surface area contributed by atoms with Crippen LogP contribution in [0.25, 0.3) is 10.1 Å². The van der Waals surface area contributed by atoms with E-state index in [9.17, 15) is 13.5 Å². The Morgan fingerprint density at radius 2 is 2.12 bits per heavy atom. The van der Waals surface area contributed by atoms with Crippen LogP contribution in [-0.2, 0) is 15.6 Å². The highest BCUT2D eigenvalue weighted by molar-refractivity contribution is 7.90. The van der Waals surface area contributed by atoms with E-state index >= 15 is 0 Å². The van der Waals surface area contributed by atoms with Gasteiger partial charge in [-0.2, -0.15) is 0 Å². The van der Waals surface area contributed by atoms with Gasteiger partial charge in [-0.25, -0.2) is 8.42 Å². The van der Waals surface area contributed by atoms with Crippen molar-refractivity contribution in [3.05, 3.63) is 29.1 Å². The van der Waals surface area contributed by atoms with Gasteiger partial charge in [-0.15, -0.1) is 11.3 Å². The van der Waals surface area contributed by atoms with Crippen molar-refractivity contribution in [3.8, 4) is 5.75 Å². The molecule has 0 spiro atoms. The van der Waals surface area contributed by atoms with Gasteiger partial charge in [-0.3, -0.25) is 0 Å². The van der Waals surface area contributed by atoms with E-state index in [1.807, 2.05) is 12.1 Å². The molecular weight excluding hydrogens is 244 g/mol. The van der Waals surface area contributed by atoms with Crippen LogP contribution in [0, 0.1) is 0 Å². The summed E-state index contributed by atoms with van der Waals surface area (Å²) >= 11 is 1.34. The molecule has 1 aromatic heterocycles. The van der Waals surface area contributed by atoms with Crippen LogP contribution in [-0.4, -0.2) is 19.3 Å². The quantitative estimate of drug-likeness (QED) is 0.918. The predicted octanol–water partition coefficient (Wildman–Crippen LogP) is 2.54. The number of sulfone groups is 1. The molecule has 16 heavy (non-hydrogen) atoms. The summed E-state index contributed by atoms with van der Waals surface area (Å²) in [6, 6.07) is 7.06. The summed E-state index contributed by atoms with van der Waals surface area (Å²) in [6.45, 7) is 1.64. The minimum atomic E-state index is -3.00. The molecule has 1 heterocycles. The van der Waals surface area contributed by atoms with Crippen LogP contribution in [0.4, 0.5) is 0 Å². The Morgan fingerprint density at radius 1 is 1.38 bits per heavy atom. The van der Waals surface area contributed by atoms with Gasteiger partial charge in [0.05, 0.1) is 10.5 Å². The van der Waals surface area contributed by atoms with E-state index in [4.69, 9.17) is 0 Å². The number of benzene rings is 1. The third kappa shape index (κ3) is 2.20. The second-order valence-electron chi connectivity index (χ2n) is 3.58. The number of thiophene rings is 1. The fraction of sp³-hybridized carbons (Fsp3) is 0.273. The Morgan fingerprint density at radius 3 is 2.75 bits per heavy atom. The van der Waals surface area contributed by atoms with E-state index in [0.717, 1.165) is 15.0 Å². The minimum Gasteiger partial charge on any atom is -0.506 e. The summed E-state index contributed by atoms with van der Waals surface area (Å²) in [6.07, 6.45) is 0. The summed E-state index contributed by atoms with van der Waals surface area (Å²) in [7, 11) is -3.00. The van der Waals surface area contributed by atoms with E-state index < -0.39 is 9.84 Å². The summed E-state index contributed by atoms with van der Waals surface area (Å²) < 4.78 is 23.7. The van der Waals surface area contributed by atoms with Crippen LogP contribution in [0.1, 0.15) is 11.8 Å². The fourth-order valence-corrected chi connectivity index (χ4v) is 3.85. The summed E-state index contributed by atoms with van der Waals surface area (Å²) in [5, 5.41) is 10.5. The van der Waals surface area contributed by atoms with Gasteiger partial charge in [0.2, 0.25) is 0 Å². The summed E-state index contributed by atoms with van der Waals surface area (Å²) in [4.78, 5) is 0.776. The number of phenols is 1. The Kier molecular flexibility index (Phi) is 2.90. The predicted molar refractivity (Wildman–Crippen MR) is 66.7 cm³/mol. The molecular formula is C11H12O3S2. The Balaban J connectivity index is 2.45. The van der Waals surface area contributed by atoms with E-state index in [-0.39, 0.29) is 17.3 Å². The first-order chi connectivity index (χ1) is 7.52. The Hall–Kier alpha value is -1.07. The first kappa shape index (κ1) is 11.4. The maximum absolute atomic E-state index is 11.5. The minimum absolute atomic E-state index is 0.0578. The summed E-state index contributed by atoms with van der Waals surface area (Å²) in [5.74, 6) is 0.415. The van der Waals surface area contributed by atoms with E-state index in [1.54, 1.807) is 19.1 Å². The highest BCUT2D eigenvalue weighted by Crippen LogP contribution is 2.33. The van der Waals surface area contributed by atoms with Gasteiger partial charge in [-0.05, 0) is 17.5 Å². The molecule has 86 valence electrons. The largest absolute Gasteiger partial charge is 0.506 e. The molecule has 0 aliphatic heterocycles. The van der Waals surface area contributed by atoms with E-state index in [2.05, 4.69) is 0 Å². The van der Waals surface area contributed by atoms with Gasteiger partial charge >= 0.3 is 0 Å². The zero-order valence-corrected chi connectivity index (χ0v) is 10.4. The molecule has 0 bridgehead atoms. The van der Waals surface area contributed by atoms with Crippen molar-refractivity contribution in [3.63, 3.8) is 0 Å². The average molecular weight is 256 g/mol. The maximum Gasteiger partial charge on any atom is 0.154 e. The van der Waals surface area contributed by atoms with E-state index in [0.29, 0.717) is 0 Å². The van der Waals surface area contributed by atoms with Gasteiger partial charge in [0.15, 0.2) is 9.84 Å². The van der Waals surface area contributed by atoms with Crippen molar-refractivity contribution in [1.29, 1.82) is 0 Å². The highest BCUT2D eigenvalue weighted by atomic mass is 32.2. The Labute approximate surface area is 98.3 Å². The molecule has 3 nitrogen and oxygen atoms in total. The normalized spacial score (nSPS) is 12.1. The van der Waals surface area contributed by atoms with Gasteiger partial charge in [0.1, 0.15) is 5.75 Å². The molecule has 1 N–H and O–H groups in total. The molecule has 5 heteroatoms. The fourth-order valence-electron chi connectivity index (χ4n) is 1.49. The Bertz CT molecular complexity index is 611. The number of fused-ring (bicyclic) bond motifs is 1. The first-order valence-corrected chi connectivity index (χ1v) is 7.56. The molecule has 0 aliphatic rings. The van der Waals surface area contributed by atoms with E-state index in [1.165, 1.54) is 11.3 Å². The molecule has 1 aromatic carbocycles. The smallest absolute Gasteiger partial charge is 0.154 e. The van der Waals surface area contributed by atoms with Crippen molar-refractivity contribution >= 4 is 31.3 Å². The number of hydrogen-bond acceptors (Lipinski definition) is 4. The summed E-state index contributed by atoms with van der Waals surface area (Å²) in [5.41, 5.74) is 0.